The summed E-state index contributed by atoms with van der Waals surface area (Å²) >= 11 is 5.69. The first kappa shape index (κ1) is 14.1. The minimum absolute atomic E-state index is 0.208. The van der Waals surface area contributed by atoms with Crippen LogP contribution in [0.15, 0.2) is 41.6 Å². The van der Waals surface area contributed by atoms with Crippen LogP contribution in [0.3, 0.4) is 0 Å². The van der Waals surface area contributed by atoms with Gasteiger partial charge >= 0.3 is 0 Å². The lowest BCUT2D eigenvalue weighted by atomic mass is 10.0. The first-order valence-electron chi connectivity index (χ1n) is 5.94. The van der Waals surface area contributed by atoms with Crippen LogP contribution in [0.1, 0.15) is 19.4 Å². The summed E-state index contributed by atoms with van der Waals surface area (Å²) in [4.78, 5) is 0.208. The smallest absolute Gasteiger partial charge is 0.199 e. The van der Waals surface area contributed by atoms with Crippen LogP contribution in [0.25, 0.3) is 0 Å². The van der Waals surface area contributed by atoms with Crippen molar-refractivity contribution in [2.24, 2.45) is 5.92 Å². The van der Waals surface area contributed by atoms with Gasteiger partial charge in [0.05, 0.1) is 22.3 Å². The van der Waals surface area contributed by atoms with Gasteiger partial charge in [0.25, 0.3) is 10.0 Å². The van der Waals surface area contributed by atoms with Crippen molar-refractivity contribution in [3.63, 3.8) is 0 Å². The van der Waals surface area contributed by atoms with E-state index in [1.165, 1.54) is 12.4 Å². The second kappa shape index (κ2) is 5.35. The van der Waals surface area contributed by atoms with Crippen LogP contribution in [0.2, 0.25) is 5.02 Å². The van der Waals surface area contributed by atoms with Gasteiger partial charge < -0.3 is 0 Å². The molecule has 0 aliphatic carbocycles. The van der Waals surface area contributed by atoms with Crippen LogP contribution in [0.4, 0.5) is 0 Å². The van der Waals surface area contributed by atoms with Crippen LogP contribution in [-0.2, 0) is 16.4 Å². The summed E-state index contributed by atoms with van der Waals surface area (Å²) in [6.07, 6.45) is 3.50. The molecule has 102 valence electrons. The van der Waals surface area contributed by atoms with Gasteiger partial charge in [0.15, 0.2) is 0 Å². The summed E-state index contributed by atoms with van der Waals surface area (Å²) < 4.78 is 25.3. The second-order valence-corrected chi connectivity index (χ2v) is 7.01. The summed E-state index contributed by atoms with van der Waals surface area (Å²) in [7, 11) is -3.64. The van der Waals surface area contributed by atoms with Gasteiger partial charge in [-0.1, -0.05) is 37.6 Å². The molecule has 0 atom stereocenters. The molecule has 0 radical (unpaired) electrons. The van der Waals surface area contributed by atoms with Crippen molar-refractivity contribution >= 4 is 21.6 Å². The van der Waals surface area contributed by atoms with Crippen molar-refractivity contribution in [3.8, 4) is 0 Å². The normalized spacial score (nSPS) is 12.0. The molecule has 0 saturated heterocycles. The molecular weight excluding hydrogens is 284 g/mol. The Balaban J connectivity index is 2.31. The molecule has 0 N–H and O–H groups in total. The Bertz CT molecular complexity index is 660. The number of benzene rings is 1. The summed E-state index contributed by atoms with van der Waals surface area (Å²) in [6.45, 7) is 4.24. The van der Waals surface area contributed by atoms with Crippen molar-refractivity contribution in [1.82, 2.24) is 9.19 Å². The maximum Gasteiger partial charge on any atom is 0.282 e. The van der Waals surface area contributed by atoms with Gasteiger partial charge in [0.1, 0.15) is 0 Å². The molecule has 0 unspecified atom stereocenters. The third kappa shape index (κ3) is 3.16. The highest BCUT2D eigenvalue weighted by Gasteiger charge is 2.17. The molecule has 4 nitrogen and oxygen atoms in total. The Morgan fingerprint density at radius 2 is 1.89 bits per heavy atom. The van der Waals surface area contributed by atoms with Gasteiger partial charge in [-0.25, -0.2) is 0 Å². The standard InChI is InChI=1S/C13H15ClN2O2S/c1-10(2)7-11-3-5-13(6-4-11)19(17,18)16-9-12(14)8-15-16/h3-6,8-10H,7H2,1-2H3. The topological polar surface area (TPSA) is 52.0 Å². The van der Waals surface area contributed by atoms with E-state index < -0.39 is 10.0 Å². The first-order chi connectivity index (χ1) is 8.89. The lowest BCUT2D eigenvalue weighted by Crippen LogP contribution is -2.13. The molecule has 6 heteroatoms. The zero-order valence-electron chi connectivity index (χ0n) is 10.7. The van der Waals surface area contributed by atoms with E-state index in [1.807, 2.05) is 12.1 Å². The fourth-order valence-electron chi connectivity index (χ4n) is 1.79. The van der Waals surface area contributed by atoms with E-state index in [1.54, 1.807) is 12.1 Å². The summed E-state index contributed by atoms with van der Waals surface area (Å²) in [5.41, 5.74) is 1.12. The minimum atomic E-state index is -3.64. The van der Waals surface area contributed by atoms with Gasteiger partial charge in [-0.3, -0.25) is 0 Å². The van der Waals surface area contributed by atoms with Gasteiger partial charge in [-0.05, 0) is 30.0 Å². The molecular formula is C13H15ClN2O2S. The predicted molar refractivity (Wildman–Crippen MR) is 74.8 cm³/mol. The molecule has 19 heavy (non-hydrogen) atoms. The summed E-state index contributed by atoms with van der Waals surface area (Å²) in [6, 6.07) is 6.86. The molecule has 0 aliphatic heterocycles. The predicted octanol–water partition coefficient (Wildman–Crippen LogP) is 2.97. The largest absolute Gasteiger partial charge is 0.282 e. The molecule has 1 heterocycles. The van der Waals surface area contributed by atoms with E-state index in [0.717, 1.165) is 16.1 Å². The Kier molecular flexibility index (Phi) is 3.96. The molecule has 0 bridgehead atoms. The van der Waals surface area contributed by atoms with Gasteiger partial charge in [-0.2, -0.15) is 17.6 Å². The van der Waals surface area contributed by atoms with Crippen molar-refractivity contribution < 1.29 is 8.42 Å². The number of aromatic nitrogens is 2. The highest BCUT2D eigenvalue weighted by molar-refractivity contribution is 7.89. The Hall–Kier alpha value is -1.33. The van der Waals surface area contributed by atoms with Crippen molar-refractivity contribution in [3.05, 3.63) is 47.2 Å². The number of rotatable bonds is 4. The van der Waals surface area contributed by atoms with Gasteiger partial charge in [-0.15, -0.1) is 0 Å². The number of halogens is 1. The third-order valence-electron chi connectivity index (χ3n) is 2.64. The van der Waals surface area contributed by atoms with Crippen LogP contribution in [-0.4, -0.2) is 17.6 Å². The van der Waals surface area contributed by atoms with Crippen LogP contribution >= 0.6 is 11.6 Å². The van der Waals surface area contributed by atoms with E-state index in [-0.39, 0.29) is 4.90 Å². The molecule has 0 spiro atoms. The maximum absolute atomic E-state index is 12.2. The zero-order chi connectivity index (χ0) is 14.0. The molecule has 0 amide bonds. The van der Waals surface area contributed by atoms with Crippen molar-refractivity contribution in [2.75, 3.05) is 0 Å². The monoisotopic (exact) mass is 298 g/mol. The lowest BCUT2D eigenvalue weighted by molar-refractivity contribution is 0.580. The molecule has 0 aliphatic rings. The number of hydrogen-bond acceptors (Lipinski definition) is 3. The van der Waals surface area contributed by atoms with Gasteiger partial charge in [0.2, 0.25) is 0 Å². The number of hydrogen-bond donors (Lipinski definition) is 0. The Morgan fingerprint density at radius 1 is 1.26 bits per heavy atom. The van der Waals surface area contributed by atoms with Crippen molar-refractivity contribution in [1.29, 1.82) is 0 Å². The first-order valence-corrected chi connectivity index (χ1v) is 7.76. The molecule has 0 saturated carbocycles. The van der Waals surface area contributed by atoms with Crippen LogP contribution in [0.5, 0.6) is 0 Å². The maximum atomic E-state index is 12.2. The second-order valence-electron chi connectivity index (χ2n) is 4.78. The SMILES string of the molecule is CC(C)Cc1ccc(S(=O)(=O)n2cc(Cl)cn2)cc1. The Labute approximate surface area is 118 Å². The average molecular weight is 299 g/mol. The summed E-state index contributed by atoms with van der Waals surface area (Å²) in [5.74, 6) is 0.535. The molecule has 1 aromatic carbocycles. The highest BCUT2D eigenvalue weighted by atomic mass is 35.5. The third-order valence-corrected chi connectivity index (χ3v) is 4.40. The minimum Gasteiger partial charge on any atom is -0.199 e. The fourth-order valence-corrected chi connectivity index (χ4v) is 3.11. The number of nitrogens with zero attached hydrogens (tertiary/aromatic N) is 2. The van der Waals surface area contributed by atoms with E-state index in [2.05, 4.69) is 18.9 Å². The molecule has 2 rings (SSSR count). The quantitative estimate of drug-likeness (QED) is 0.872. The van der Waals surface area contributed by atoms with Crippen LogP contribution in [0, 0.1) is 5.92 Å². The fraction of sp³-hybridized carbons (Fsp3) is 0.308. The van der Waals surface area contributed by atoms with E-state index in [0.29, 0.717) is 10.9 Å². The molecule has 2 aromatic rings. The molecule has 1 aromatic heterocycles. The average Bonchev–Trinajstić information content (AvgIpc) is 2.76. The van der Waals surface area contributed by atoms with Gasteiger partial charge in [0, 0.05) is 0 Å². The highest BCUT2D eigenvalue weighted by Crippen LogP contribution is 2.17. The van der Waals surface area contributed by atoms with Crippen LogP contribution < -0.4 is 0 Å². The van der Waals surface area contributed by atoms with E-state index in [9.17, 15) is 8.42 Å². The Morgan fingerprint density at radius 3 is 2.37 bits per heavy atom. The lowest BCUT2D eigenvalue weighted by Gasteiger charge is -2.07. The van der Waals surface area contributed by atoms with E-state index in [4.69, 9.17) is 11.6 Å². The zero-order valence-corrected chi connectivity index (χ0v) is 12.3. The molecule has 0 fully saturated rings. The summed E-state index contributed by atoms with van der Waals surface area (Å²) in [5, 5.41) is 4.02. The van der Waals surface area contributed by atoms with E-state index >= 15 is 0 Å². The van der Waals surface area contributed by atoms with Crippen molar-refractivity contribution in [2.45, 2.75) is 25.2 Å².